The highest BCUT2D eigenvalue weighted by atomic mass is 79.9. The fourth-order valence-electron chi connectivity index (χ4n) is 3.19. The van der Waals surface area contributed by atoms with Crippen molar-refractivity contribution in [3.63, 3.8) is 0 Å². The minimum absolute atomic E-state index is 0.0922. The number of quaternary nitrogens is 2. The summed E-state index contributed by atoms with van der Waals surface area (Å²) in [4.78, 5) is 15.2. The van der Waals surface area contributed by atoms with Crippen LogP contribution in [0.25, 0.3) is 0 Å². The van der Waals surface area contributed by atoms with Crippen molar-refractivity contribution in [3.05, 3.63) is 64.6 Å². The summed E-state index contributed by atoms with van der Waals surface area (Å²) in [6, 6.07) is 18.4. The van der Waals surface area contributed by atoms with Crippen LogP contribution in [0.3, 0.4) is 0 Å². The molecule has 4 nitrogen and oxygen atoms in total. The van der Waals surface area contributed by atoms with Gasteiger partial charge in [0.25, 0.3) is 5.91 Å². The molecule has 2 aromatic carbocycles. The van der Waals surface area contributed by atoms with E-state index in [2.05, 4.69) is 51.6 Å². The van der Waals surface area contributed by atoms with Gasteiger partial charge in [0.1, 0.15) is 32.7 Å². The Hall–Kier alpha value is -1.69. The van der Waals surface area contributed by atoms with E-state index in [-0.39, 0.29) is 5.91 Å². The Kier molecular flexibility index (Phi) is 6.01. The Morgan fingerprint density at radius 2 is 1.67 bits per heavy atom. The van der Waals surface area contributed by atoms with E-state index in [1.165, 1.54) is 10.5 Å². The highest BCUT2D eigenvalue weighted by Crippen LogP contribution is 2.15. The van der Waals surface area contributed by atoms with Crippen LogP contribution in [0.4, 0.5) is 5.69 Å². The van der Waals surface area contributed by atoms with Crippen molar-refractivity contribution in [1.82, 2.24) is 0 Å². The molecule has 126 valence electrons. The Morgan fingerprint density at radius 1 is 0.958 bits per heavy atom. The molecular weight excluding hydrogens is 366 g/mol. The SMILES string of the molecule is O=C(C[NH+]1CC[NH+](Cc2ccccc2)CC1)Nc1cccc(Br)c1. The van der Waals surface area contributed by atoms with E-state index in [9.17, 15) is 4.79 Å². The van der Waals surface area contributed by atoms with Crippen molar-refractivity contribution >= 4 is 27.5 Å². The van der Waals surface area contributed by atoms with Gasteiger partial charge in [-0.1, -0.05) is 52.3 Å². The van der Waals surface area contributed by atoms with Crippen LogP contribution in [0.2, 0.25) is 0 Å². The third-order valence-corrected chi connectivity index (χ3v) is 4.97. The average molecular weight is 390 g/mol. The molecule has 0 bridgehead atoms. The molecule has 0 atom stereocenters. The average Bonchev–Trinajstić information content (AvgIpc) is 2.57. The number of halogens is 1. The molecule has 1 amide bonds. The van der Waals surface area contributed by atoms with Crippen molar-refractivity contribution in [3.8, 4) is 0 Å². The number of amides is 1. The number of rotatable bonds is 5. The molecule has 0 radical (unpaired) electrons. The van der Waals surface area contributed by atoms with E-state index in [4.69, 9.17) is 0 Å². The standard InChI is InChI=1S/C19H22BrN3O/c20-17-7-4-8-18(13-17)21-19(24)15-23-11-9-22(10-12-23)14-16-5-2-1-3-6-16/h1-8,13H,9-12,14-15H2,(H,21,24)/p+2. The van der Waals surface area contributed by atoms with Crippen molar-refractivity contribution in [1.29, 1.82) is 0 Å². The second-order valence-corrected chi connectivity index (χ2v) is 7.31. The second-order valence-electron chi connectivity index (χ2n) is 6.40. The molecule has 0 spiro atoms. The first-order chi connectivity index (χ1) is 11.7. The quantitative estimate of drug-likeness (QED) is 0.679. The molecule has 1 aliphatic rings. The van der Waals surface area contributed by atoms with E-state index in [1.54, 1.807) is 4.90 Å². The molecule has 5 heteroatoms. The summed E-state index contributed by atoms with van der Waals surface area (Å²) in [5.41, 5.74) is 2.24. The normalized spacial score (nSPS) is 20.5. The fourth-order valence-corrected chi connectivity index (χ4v) is 3.59. The van der Waals surface area contributed by atoms with Gasteiger partial charge in [-0.25, -0.2) is 0 Å². The second kappa shape index (κ2) is 8.42. The van der Waals surface area contributed by atoms with Gasteiger partial charge in [0.05, 0.1) is 0 Å². The van der Waals surface area contributed by atoms with Gasteiger partial charge in [0.2, 0.25) is 0 Å². The highest BCUT2D eigenvalue weighted by molar-refractivity contribution is 9.10. The zero-order valence-corrected chi connectivity index (χ0v) is 15.3. The lowest BCUT2D eigenvalue weighted by molar-refractivity contribution is -1.02. The van der Waals surface area contributed by atoms with Crippen LogP contribution in [0.5, 0.6) is 0 Å². The molecule has 0 aromatic heterocycles. The lowest BCUT2D eigenvalue weighted by Crippen LogP contribution is -3.28. The Bertz CT molecular complexity index is 669. The van der Waals surface area contributed by atoms with E-state index in [0.29, 0.717) is 6.54 Å². The Balaban J connectivity index is 1.42. The van der Waals surface area contributed by atoms with Crippen LogP contribution in [-0.2, 0) is 11.3 Å². The van der Waals surface area contributed by atoms with Crippen molar-refractivity contribution < 1.29 is 14.6 Å². The first-order valence-corrected chi connectivity index (χ1v) is 9.25. The molecule has 0 aliphatic carbocycles. The van der Waals surface area contributed by atoms with E-state index < -0.39 is 0 Å². The smallest absolute Gasteiger partial charge is 0.279 e. The van der Waals surface area contributed by atoms with Crippen molar-refractivity contribution in [2.24, 2.45) is 0 Å². The number of carbonyl (C=O) groups is 1. The predicted molar refractivity (Wildman–Crippen MR) is 99.2 cm³/mol. The molecule has 1 aliphatic heterocycles. The molecule has 1 fully saturated rings. The van der Waals surface area contributed by atoms with Gasteiger partial charge in [0, 0.05) is 15.7 Å². The molecule has 1 saturated heterocycles. The maximum Gasteiger partial charge on any atom is 0.279 e. The van der Waals surface area contributed by atoms with E-state index >= 15 is 0 Å². The number of carbonyl (C=O) groups excluding carboxylic acids is 1. The van der Waals surface area contributed by atoms with E-state index in [0.717, 1.165) is 42.9 Å². The topological polar surface area (TPSA) is 38.0 Å². The molecule has 3 rings (SSSR count). The number of benzene rings is 2. The minimum Gasteiger partial charge on any atom is -0.322 e. The zero-order chi connectivity index (χ0) is 16.8. The van der Waals surface area contributed by atoms with Crippen LogP contribution in [0.1, 0.15) is 5.56 Å². The number of anilines is 1. The monoisotopic (exact) mass is 389 g/mol. The fraction of sp³-hybridized carbons (Fsp3) is 0.316. The number of piperazine rings is 1. The lowest BCUT2D eigenvalue weighted by Gasteiger charge is -2.29. The third kappa shape index (κ3) is 5.16. The zero-order valence-electron chi connectivity index (χ0n) is 13.7. The summed E-state index contributed by atoms with van der Waals surface area (Å²) in [7, 11) is 0. The third-order valence-electron chi connectivity index (χ3n) is 4.48. The summed E-state index contributed by atoms with van der Waals surface area (Å²) in [5.74, 6) is 0.0922. The summed E-state index contributed by atoms with van der Waals surface area (Å²) >= 11 is 3.43. The maximum atomic E-state index is 12.2. The molecule has 2 aromatic rings. The molecule has 0 unspecified atom stereocenters. The van der Waals surface area contributed by atoms with Gasteiger partial charge in [-0.05, 0) is 18.2 Å². The van der Waals surface area contributed by atoms with Crippen LogP contribution in [0.15, 0.2) is 59.1 Å². The summed E-state index contributed by atoms with van der Waals surface area (Å²) < 4.78 is 0.978. The van der Waals surface area contributed by atoms with Crippen molar-refractivity contribution in [2.75, 3.05) is 38.0 Å². The predicted octanol–water partition coefficient (Wildman–Crippen LogP) is 0.371. The van der Waals surface area contributed by atoms with Crippen LogP contribution >= 0.6 is 15.9 Å². The van der Waals surface area contributed by atoms with Crippen LogP contribution in [-0.4, -0.2) is 38.6 Å². The summed E-state index contributed by atoms with van der Waals surface area (Å²) in [6.45, 7) is 5.97. The van der Waals surface area contributed by atoms with Crippen LogP contribution < -0.4 is 15.1 Å². The maximum absolute atomic E-state index is 12.2. The number of hydrogen-bond acceptors (Lipinski definition) is 1. The first-order valence-electron chi connectivity index (χ1n) is 8.45. The number of nitrogens with one attached hydrogen (secondary N) is 3. The first kappa shape index (κ1) is 17.1. The van der Waals surface area contributed by atoms with Gasteiger partial charge >= 0.3 is 0 Å². The molecule has 3 N–H and O–H groups in total. The lowest BCUT2D eigenvalue weighted by atomic mass is 10.2. The summed E-state index contributed by atoms with van der Waals surface area (Å²) in [6.07, 6.45) is 0. The largest absolute Gasteiger partial charge is 0.322 e. The molecule has 24 heavy (non-hydrogen) atoms. The summed E-state index contributed by atoms with van der Waals surface area (Å²) in [5, 5.41) is 2.98. The van der Waals surface area contributed by atoms with Gasteiger partial charge in [-0.3, -0.25) is 4.79 Å². The van der Waals surface area contributed by atoms with Crippen LogP contribution in [0, 0.1) is 0 Å². The van der Waals surface area contributed by atoms with Gasteiger partial charge in [0.15, 0.2) is 6.54 Å². The Morgan fingerprint density at radius 3 is 2.38 bits per heavy atom. The molecular formula is C19H24BrN3O+2. The van der Waals surface area contributed by atoms with Gasteiger partial charge in [-0.2, -0.15) is 0 Å². The van der Waals surface area contributed by atoms with Gasteiger partial charge in [-0.15, -0.1) is 0 Å². The number of hydrogen-bond donors (Lipinski definition) is 3. The van der Waals surface area contributed by atoms with Crippen molar-refractivity contribution in [2.45, 2.75) is 6.54 Å². The molecule has 1 heterocycles. The minimum atomic E-state index is 0.0922. The molecule has 0 saturated carbocycles. The van der Waals surface area contributed by atoms with Gasteiger partial charge < -0.3 is 15.1 Å². The van der Waals surface area contributed by atoms with E-state index in [1.807, 2.05) is 24.3 Å². The Labute approximate surface area is 151 Å². The highest BCUT2D eigenvalue weighted by Gasteiger charge is 2.24.